The lowest BCUT2D eigenvalue weighted by atomic mass is 10.2. The van der Waals surface area contributed by atoms with Gasteiger partial charge in [0.2, 0.25) is 0 Å². The van der Waals surface area contributed by atoms with Crippen LogP contribution in [-0.2, 0) is 6.61 Å². The molecular weight excluding hydrogens is 248 g/mol. The third kappa shape index (κ3) is 2.57. The summed E-state index contributed by atoms with van der Waals surface area (Å²) in [6, 6.07) is 17.8. The van der Waals surface area contributed by atoms with Gasteiger partial charge in [0.25, 0.3) is 0 Å². The van der Waals surface area contributed by atoms with Gasteiger partial charge in [0, 0.05) is 11.1 Å². The first kappa shape index (κ1) is 12.5. The number of hydrogen-bond donors (Lipinski definition) is 1. The third-order valence-corrected chi connectivity index (χ3v) is 3.23. The fourth-order valence-electron chi connectivity index (χ4n) is 2.17. The Morgan fingerprint density at radius 2 is 1.90 bits per heavy atom. The molecule has 3 heteroatoms. The lowest BCUT2D eigenvalue weighted by Crippen LogP contribution is -2.00. The van der Waals surface area contributed by atoms with Crippen molar-refractivity contribution in [3.05, 3.63) is 65.9 Å². The normalized spacial score (nSPS) is 10.7. The Morgan fingerprint density at radius 1 is 1.05 bits per heavy atom. The van der Waals surface area contributed by atoms with E-state index >= 15 is 0 Å². The van der Waals surface area contributed by atoms with Gasteiger partial charge in [0.1, 0.15) is 12.4 Å². The summed E-state index contributed by atoms with van der Waals surface area (Å²) >= 11 is 0. The molecule has 3 aromatic rings. The highest BCUT2D eigenvalue weighted by Crippen LogP contribution is 2.21. The van der Waals surface area contributed by atoms with Crippen molar-refractivity contribution < 1.29 is 4.74 Å². The lowest BCUT2D eigenvalue weighted by molar-refractivity contribution is 0.300. The van der Waals surface area contributed by atoms with Gasteiger partial charge in [-0.15, -0.1) is 0 Å². The highest BCUT2D eigenvalue weighted by Gasteiger charge is 2.02. The van der Waals surface area contributed by atoms with Crippen LogP contribution < -0.4 is 10.5 Å². The maximum Gasteiger partial charge on any atom is 0.130 e. The molecule has 3 nitrogen and oxygen atoms in total. The van der Waals surface area contributed by atoms with Gasteiger partial charge < -0.3 is 10.5 Å². The molecule has 0 aliphatic carbocycles. The quantitative estimate of drug-likeness (QED) is 0.734. The monoisotopic (exact) mass is 264 g/mol. The summed E-state index contributed by atoms with van der Waals surface area (Å²) in [4.78, 5) is 4.59. The number of para-hydroxylation sites is 1. The van der Waals surface area contributed by atoms with E-state index in [9.17, 15) is 0 Å². The van der Waals surface area contributed by atoms with Crippen LogP contribution >= 0.6 is 0 Å². The highest BCUT2D eigenvalue weighted by molar-refractivity contribution is 5.78. The molecule has 1 aromatic heterocycles. The van der Waals surface area contributed by atoms with Crippen molar-refractivity contribution in [2.45, 2.75) is 13.5 Å². The van der Waals surface area contributed by atoms with E-state index in [-0.39, 0.29) is 0 Å². The first-order valence-corrected chi connectivity index (χ1v) is 6.56. The number of fused-ring (bicyclic) bond motifs is 1. The Kier molecular flexibility index (Phi) is 3.25. The Balaban J connectivity index is 1.79. The summed E-state index contributed by atoms with van der Waals surface area (Å²) < 4.78 is 5.81. The smallest absolute Gasteiger partial charge is 0.130 e. The van der Waals surface area contributed by atoms with Crippen LogP contribution in [0.5, 0.6) is 5.75 Å². The van der Waals surface area contributed by atoms with Gasteiger partial charge in [-0.1, -0.05) is 24.3 Å². The number of aryl methyl sites for hydroxylation is 1. The summed E-state index contributed by atoms with van der Waals surface area (Å²) in [5, 5.41) is 1.14. The van der Waals surface area contributed by atoms with Crippen molar-refractivity contribution in [2.24, 2.45) is 0 Å². The topological polar surface area (TPSA) is 48.1 Å². The minimum absolute atomic E-state index is 0.454. The van der Waals surface area contributed by atoms with Crippen molar-refractivity contribution >= 4 is 16.6 Å². The highest BCUT2D eigenvalue weighted by atomic mass is 16.5. The van der Waals surface area contributed by atoms with E-state index in [1.54, 1.807) is 0 Å². The van der Waals surface area contributed by atoms with Crippen molar-refractivity contribution in [3.8, 4) is 5.75 Å². The van der Waals surface area contributed by atoms with E-state index in [1.807, 2.05) is 49.4 Å². The Bertz CT molecular complexity index is 753. The average Bonchev–Trinajstić information content (AvgIpc) is 2.46. The van der Waals surface area contributed by atoms with Crippen LogP contribution in [0.1, 0.15) is 11.3 Å². The number of aromatic nitrogens is 1. The maximum absolute atomic E-state index is 5.81. The molecule has 0 fully saturated rings. The van der Waals surface area contributed by atoms with E-state index in [2.05, 4.69) is 17.1 Å². The average molecular weight is 264 g/mol. The minimum Gasteiger partial charge on any atom is -0.487 e. The van der Waals surface area contributed by atoms with Crippen LogP contribution in [0.4, 0.5) is 5.69 Å². The van der Waals surface area contributed by atoms with Gasteiger partial charge in [-0.05, 0) is 42.8 Å². The zero-order valence-corrected chi connectivity index (χ0v) is 11.3. The molecular formula is C17H16N2O. The van der Waals surface area contributed by atoms with Gasteiger partial charge in [0.05, 0.1) is 11.2 Å². The van der Waals surface area contributed by atoms with E-state index in [0.29, 0.717) is 6.61 Å². The van der Waals surface area contributed by atoms with Crippen molar-refractivity contribution in [3.63, 3.8) is 0 Å². The molecule has 2 aromatic carbocycles. The molecule has 0 atom stereocenters. The predicted molar refractivity (Wildman–Crippen MR) is 81.7 cm³/mol. The molecule has 0 saturated carbocycles. The number of rotatable bonds is 3. The zero-order valence-electron chi connectivity index (χ0n) is 11.3. The van der Waals surface area contributed by atoms with Gasteiger partial charge >= 0.3 is 0 Å². The molecule has 0 saturated heterocycles. The van der Waals surface area contributed by atoms with Gasteiger partial charge in [-0.3, -0.25) is 0 Å². The molecule has 3 rings (SSSR count). The lowest BCUT2D eigenvalue weighted by Gasteiger charge is -2.09. The second kappa shape index (κ2) is 5.21. The molecule has 0 aliphatic heterocycles. The van der Waals surface area contributed by atoms with Crippen LogP contribution in [0.3, 0.4) is 0 Å². The van der Waals surface area contributed by atoms with Crippen molar-refractivity contribution in [1.82, 2.24) is 4.98 Å². The second-order valence-electron chi connectivity index (χ2n) is 4.81. The molecule has 1 heterocycles. The summed E-state index contributed by atoms with van der Waals surface area (Å²) in [6.07, 6.45) is 0. The molecule has 0 unspecified atom stereocenters. The standard InChI is InChI=1S/C17H16N2O/c1-12-10-14(18)7-9-17(12)20-11-15-8-6-13-4-2-3-5-16(13)19-15/h2-10H,11,18H2,1H3. The number of pyridine rings is 1. The number of nitrogens with two attached hydrogens (primary N) is 1. The molecule has 0 spiro atoms. The molecule has 20 heavy (non-hydrogen) atoms. The minimum atomic E-state index is 0.454. The molecule has 100 valence electrons. The van der Waals surface area contributed by atoms with Crippen LogP contribution in [0.2, 0.25) is 0 Å². The largest absolute Gasteiger partial charge is 0.487 e. The van der Waals surface area contributed by atoms with E-state index in [0.717, 1.165) is 33.6 Å². The molecule has 0 aliphatic rings. The Hall–Kier alpha value is -2.55. The first-order chi connectivity index (χ1) is 9.72. The van der Waals surface area contributed by atoms with Gasteiger partial charge in [-0.25, -0.2) is 4.98 Å². The summed E-state index contributed by atoms with van der Waals surface area (Å²) in [7, 11) is 0. The Labute approximate surface area is 118 Å². The molecule has 0 bridgehead atoms. The van der Waals surface area contributed by atoms with Crippen molar-refractivity contribution in [1.29, 1.82) is 0 Å². The van der Waals surface area contributed by atoms with Crippen molar-refractivity contribution in [2.75, 3.05) is 5.73 Å². The summed E-state index contributed by atoms with van der Waals surface area (Å²) in [5.74, 6) is 0.842. The number of benzene rings is 2. The number of nitrogen functional groups attached to an aromatic ring is 1. The van der Waals surface area contributed by atoms with Crippen LogP contribution in [-0.4, -0.2) is 4.98 Å². The third-order valence-electron chi connectivity index (χ3n) is 3.23. The van der Waals surface area contributed by atoms with E-state index in [4.69, 9.17) is 10.5 Å². The number of anilines is 1. The van der Waals surface area contributed by atoms with Gasteiger partial charge in [-0.2, -0.15) is 0 Å². The van der Waals surface area contributed by atoms with Crippen LogP contribution in [0.15, 0.2) is 54.6 Å². The summed E-state index contributed by atoms with van der Waals surface area (Å²) in [6.45, 7) is 2.44. The van der Waals surface area contributed by atoms with E-state index < -0.39 is 0 Å². The van der Waals surface area contributed by atoms with Crippen LogP contribution in [0, 0.1) is 6.92 Å². The number of nitrogens with zero attached hydrogens (tertiary/aromatic N) is 1. The fraction of sp³-hybridized carbons (Fsp3) is 0.118. The molecule has 0 amide bonds. The molecule has 0 radical (unpaired) electrons. The maximum atomic E-state index is 5.81. The Morgan fingerprint density at radius 3 is 2.75 bits per heavy atom. The number of ether oxygens (including phenoxy) is 1. The van der Waals surface area contributed by atoms with Gasteiger partial charge in [0.15, 0.2) is 0 Å². The molecule has 2 N–H and O–H groups in total. The first-order valence-electron chi connectivity index (χ1n) is 6.56. The van der Waals surface area contributed by atoms with Crippen LogP contribution in [0.25, 0.3) is 10.9 Å². The fourth-order valence-corrected chi connectivity index (χ4v) is 2.17. The SMILES string of the molecule is Cc1cc(N)ccc1OCc1ccc2ccccc2n1. The number of hydrogen-bond acceptors (Lipinski definition) is 3. The summed E-state index contributed by atoms with van der Waals surface area (Å²) in [5.41, 5.74) is 9.42. The predicted octanol–water partition coefficient (Wildman–Crippen LogP) is 3.70. The zero-order chi connectivity index (χ0) is 13.9. The second-order valence-corrected chi connectivity index (χ2v) is 4.81. The van der Waals surface area contributed by atoms with E-state index in [1.165, 1.54) is 0 Å².